The minimum absolute atomic E-state index is 0.0430. The lowest BCUT2D eigenvalue weighted by Gasteiger charge is -2.42. The largest absolute Gasteiger partial charge is 0.426 e. The maximum absolute atomic E-state index is 14.6. The first-order chi connectivity index (χ1) is 14.8. The predicted molar refractivity (Wildman–Crippen MR) is 102 cm³/mol. The van der Waals surface area contributed by atoms with Gasteiger partial charge in [-0.1, -0.05) is 30.3 Å². The van der Waals surface area contributed by atoms with Crippen LogP contribution in [0.25, 0.3) is 0 Å². The fourth-order valence-corrected chi connectivity index (χ4v) is 4.94. The van der Waals surface area contributed by atoms with Gasteiger partial charge in [-0.05, 0) is 79.9 Å². The van der Waals surface area contributed by atoms with Gasteiger partial charge in [-0.3, -0.25) is 0 Å². The molecule has 2 aromatic carbocycles. The summed E-state index contributed by atoms with van der Waals surface area (Å²) in [7, 11) is 0. The summed E-state index contributed by atoms with van der Waals surface area (Å²) in [5, 5.41) is 3.45. The van der Waals surface area contributed by atoms with Crippen molar-refractivity contribution in [2.24, 2.45) is 0 Å². The summed E-state index contributed by atoms with van der Waals surface area (Å²) in [6, 6.07) is 8.21. The van der Waals surface area contributed by atoms with E-state index < -0.39 is 35.5 Å². The van der Waals surface area contributed by atoms with Crippen molar-refractivity contribution in [3.05, 3.63) is 70.0 Å². The predicted octanol–water partition coefficient (Wildman–Crippen LogP) is 5.67. The Morgan fingerprint density at radius 3 is 2.69 bits per heavy atom. The molecular formula is C23H24F5N. The van der Waals surface area contributed by atoms with E-state index in [1.165, 1.54) is 18.2 Å². The zero-order valence-electron chi connectivity index (χ0n) is 19.0. The van der Waals surface area contributed by atoms with Crippen molar-refractivity contribution >= 4 is 0 Å². The van der Waals surface area contributed by atoms with Gasteiger partial charge in [0.2, 0.25) is 5.67 Å². The minimum Gasteiger partial charge on any atom is -0.313 e. The Bertz CT molecular complexity index is 1030. The van der Waals surface area contributed by atoms with Gasteiger partial charge in [0.05, 0.1) is 0 Å². The van der Waals surface area contributed by atoms with Crippen LogP contribution in [0.5, 0.6) is 0 Å². The molecule has 0 radical (unpaired) electrons. The van der Waals surface area contributed by atoms with E-state index in [9.17, 15) is 22.0 Å². The van der Waals surface area contributed by atoms with Crippen molar-refractivity contribution in [3.8, 4) is 0 Å². The molecule has 6 heteroatoms. The number of benzene rings is 2. The van der Waals surface area contributed by atoms with E-state index in [-0.39, 0.29) is 11.6 Å². The molecule has 0 bridgehead atoms. The molecule has 2 aromatic rings. The molecule has 3 atom stereocenters. The Hall–Kier alpha value is -1.95. The number of hydrogen-bond acceptors (Lipinski definition) is 1. The van der Waals surface area contributed by atoms with Crippen molar-refractivity contribution in [2.75, 3.05) is 6.54 Å². The summed E-state index contributed by atoms with van der Waals surface area (Å²) in [5.74, 6) is -0.796. The van der Waals surface area contributed by atoms with Gasteiger partial charge in [0.1, 0.15) is 5.82 Å². The third kappa shape index (κ3) is 3.25. The van der Waals surface area contributed by atoms with E-state index in [0.29, 0.717) is 50.3 Å². The lowest BCUT2D eigenvalue weighted by Crippen LogP contribution is -2.46. The van der Waals surface area contributed by atoms with Crippen molar-refractivity contribution in [1.82, 2.24) is 5.32 Å². The molecule has 1 aliphatic carbocycles. The Morgan fingerprint density at radius 1 is 1.17 bits per heavy atom. The monoisotopic (exact) mass is 412 g/mol. The fourth-order valence-electron chi connectivity index (χ4n) is 4.94. The van der Waals surface area contributed by atoms with E-state index in [0.717, 1.165) is 11.6 Å². The van der Waals surface area contributed by atoms with Crippen LogP contribution in [-0.2, 0) is 23.9 Å². The third-order valence-electron chi connectivity index (χ3n) is 6.60. The molecule has 156 valence electrons. The maximum atomic E-state index is 14.6. The van der Waals surface area contributed by atoms with Gasteiger partial charge < -0.3 is 5.32 Å². The molecule has 1 heterocycles. The highest BCUT2D eigenvalue weighted by Crippen LogP contribution is 2.48. The van der Waals surface area contributed by atoms with E-state index in [1.54, 1.807) is 12.1 Å². The molecule has 1 N–H and O–H groups in total. The summed E-state index contributed by atoms with van der Waals surface area (Å²) in [5.41, 5.74) is -2.54. The quantitative estimate of drug-likeness (QED) is 0.641. The zero-order chi connectivity index (χ0) is 23.5. The van der Waals surface area contributed by atoms with E-state index in [4.69, 9.17) is 4.11 Å². The number of halogens is 5. The van der Waals surface area contributed by atoms with Crippen molar-refractivity contribution in [1.29, 1.82) is 0 Å². The highest BCUT2D eigenvalue weighted by atomic mass is 19.4. The van der Waals surface area contributed by atoms with Crippen LogP contribution in [0.1, 0.15) is 51.7 Å². The third-order valence-corrected chi connectivity index (χ3v) is 6.60. The number of fused-ring (bicyclic) bond motifs is 3. The molecule has 1 saturated heterocycles. The van der Waals surface area contributed by atoms with E-state index >= 15 is 0 Å². The molecule has 0 spiro atoms. The average molecular weight is 412 g/mol. The number of aryl methyl sites for hydroxylation is 2. The van der Waals surface area contributed by atoms with Crippen LogP contribution in [0.4, 0.5) is 22.0 Å². The summed E-state index contributed by atoms with van der Waals surface area (Å²) in [6.07, 6.45) is -2.74. The van der Waals surface area contributed by atoms with Crippen LogP contribution in [0, 0.1) is 12.7 Å². The Balaban J connectivity index is 1.77. The van der Waals surface area contributed by atoms with Gasteiger partial charge in [0.25, 0.3) is 0 Å². The van der Waals surface area contributed by atoms with Gasteiger partial charge >= 0.3 is 6.18 Å². The number of alkyl halides is 4. The first kappa shape index (κ1) is 16.8. The maximum Gasteiger partial charge on any atom is 0.426 e. The minimum atomic E-state index is -5.02. The van der Waals surface area contributed by atoms with Crippen molar-refractivity contribution in [3.63, 3.8) is 0 Å². The van der Waals surface area contributed by atoms with E-state index in [1.807, 2.05) is 0 Å². The highest BCUT2D eigenvalue weighted by Gasteiger charge is 2.54. The summed E-state index contributed by atoms with van der Waals surface area (Å²) in [6.45, 7) is -1.36. The summed E-state index contributed by atoms with van der Waals surface area (Å²) < 4.78 is 91.1. The second kappa shape index (κ2) is 6.79. The van der Waals surface area contributed by atoms with Crippen LogP contribution in [0.3, 0.4) is 0 Å². The molecular weight excluding hydrogens is 385 g/mol. The van der Waals surface area contributed by atoms with Crippen LogP contribution in [0.15, 0.2) is 36.4 Å². The molecule has 1 aliphatic heterocycles. The van der Waals surface area contributed by atoms with Crippen molar-refractivity contribution < 1.29 is 26.1 Å². The summed E-state index contributed by atoms with van der Waals surface area (Å²) >= 11 is 0. The SMILES string of the molecule is [2H]C([2H])([2H])c1cc(CC23CCNC2CCc2cc(C(C)(F)C(F)(F)F)ccc23)ccc1F. The smallest absolute Gasteiger partial charge is 0.313 e. The Kier molecular flexibility index (Phi) is 3.94. The molecule has 0 amide bonds. The number of hydrogen-bond donors (Lipinski definition) is 1. The Labute approximate surface area is 171 Å². The van der Waals surface area contributed by atoms with Gasteiger partial charge in [0.15, 0.2) is 0 Å². The second-order valence-corrected chi connectivity index (χ2v) is 8.32. The van der Waals surface area contributed by atoms with Gasteiger partial charge in [-0.25, -0.2) is 8.78 Å². The van der Waals surface area contributed by atoms with Crippen LogP contribution in [0.2, 0.25) is 0 Å². The standard InChI is InChI=1S/C23H24F5N/c1-14-11-15(3-7-19(14)24)13-22-9-10-29-20(22)8-4-16-12-17(5-6-18(16)22)21(2,25)23(26,27)28/h3,5-7,11-12,20,29H,4,8-10,13H2,1-2H3/i1D3. The van der Waals surface area contributed by atoms with Gasteiger partial charge in [-0.2, -0.15) is 13.2 Å². The molecule has 0 aromatic heterocycles. The molecule has 29 heavy (non-hydrogen) atoms. The Morgan fingerprint density at radius 2 is 1.97 bits per heavy atom. The normalized spacial score (nSPS) is 27.9. The molecule has 2 aliphatic rings. The van der Waals surface area contributed by atoms with Crippen LogP contribution < -0.4 is 5.32 Å². The molecule has 1 fully saturated rings. The first-order valence-corrected chi connectivity index (χ1v) is 9.67. The van der Waals surface area contributed by atoms with E-state index in [2.05, 4.69) is 5.32 Å². The fraction of sp³-hybridized carbons (Fsp3) is 0.478. The number of nitrogens with one attached hydrogen (secondary N) is 1. The van der Waals surface area contributed by atoms with Crippen molar-refractivity contribution in [2.45, 2.75) is 62.8 Å². The molecule has 4 rings (SSSR count). The lowest BCUT2D eigenvalue weighted by atomic mass is 9.63. The lowest BCUT2D eigenvalue weighted by molar-refractivity contribution is -0.228. The summed E-state index contributed by atoms with van der Waals surface area (Å²) in [4.78, 5) is 0. The molecule has 1 nitrogen and oxygen atoms in total. The average Bonchev–Trinajstić information content (AvgIpc) is 3.11. The first-order valence-electron chi connectivity index (χ1n) is 11.2. The zero-order valence-corrected chi connectivity index (χ0v) is 16.0. The second-order valence-electron chi connectivity index (χ2n) is 8.32. The number of rotatable bonds is 3. The van der Waals surface area contributed by atoms with Gasteiger partial charge in [0, 0.05) is 15.6 Å². The molecule has 3 unspecified atom stereocenters. The van der Waals surface area contributed by atoms with Crippen LogP contribution in [-0.4, -0.2) is 18.8 Å². The van der Waals surface area contributed by atoms with Gasteiger partial charge in [-0.15, -0.1) is 0 Å². The highest BCUT2D eigenvalue weighted by molar-refractivity contribution is 5.46. The topological polar surface area (TPSA) is 12.0 Å². The van der Waals surface area contributed by atoms with Crippen LogP contribution >= 0.6 is 0 Å². The molecule has 0 saturated carbocycles.